The molecular formula is C30H22BrCl2N3O3S. The first-order valence-electron chi connectivity index (χ1n) is 11.9. The lowest BCUT2D eigenvalue weighted by Gasteiger charge is -2.12. The maximum atomic E-state index is 13.2. The van der Waals surface area contributed by atoms with Gasteiger partial charge < -0.3 is 16.0 Å². The van der Waals surface area contributed by atoms with Gasteiger partial charge in [0.1, 0.15) is 5.70 Å². The summed E-state index contributed by atoms with van der Waals surface area (Å²) in [6, 6.07) is 27.8. The summed E-state index contributed by atoms with van der Waals surface area (Å²) < 4.78 is 0.932. The molecular weight excluding hydrogens is 633 g/mol. The smallest absolute Gasteiger partial charge is 0.272 e. The first kappa shape index (κ1) is 29.4. The number of amides is 3. The van der Waals surface area contributed by atoms with E-state index in [9.17, 15) is 14.4 Å². The van der Waals surface area contributed by atoms with Crippen molar-refractivity contribution >= 4 is 86.1 Å². The molecule has 0 bridgehead atoms. The van der Waals surface area contributed by atoms with Crippen molar-refractivity contribution in [3.63, 3.8) is 0 Å². The summed E-state index contributed by atoms with van der Waals surface area (Å²) in [5, 5.41) is 9.10. The standard InChI is InChI=1S/C30H22BrCl2N3O3S/c31-21-7-10-23(11-8-21)34-28(37)18-40-25-14-12-24(13-15-25)35-30(39)27(16-20-6-9-22(32)17-26(20)33)36-29(38)19-4-2-1-3-5-19/h1-17H,18H2,(H,34,37)(H,35,39)(H,36,38)/b27-16-. The minimum atomic E-state index is -0.537. The Hall–Kier alpha value is -3.56. The van der Waals surface area contributed by atoms with Crippen molar-refractivity contribution in [3.8, 4) is 0 Å². The molecule has 3 amide bonds. The fourth-order valence-electron chi connectivity index (χ4n) is 3.43. The van der Waals surface area contributed by atoms with Crippen LogP contribution in [0.4, 0.5) is 11.4 Å². The fraction of sp³-hybridized carbons (Fsp3) is 0.0333. The molecule has 0 aromatic heterocycles. The van der Waals surface area contributed by atoms with Crippen molar-refractivity contribution in [2.24, 2.45) is 0 Å². The van der Waals surface area contributed by atoms with Crippen molar-refractivity contribution in [1.29, 1.82) is 0 Å². The van der Waals surface area contributed by atoms with E-state index in [0.717, 1.165) is 15.1 Å². The molecule has 0 fully saturated rings. The summed E-state index contributed by atoms with van der Waals surface area (Å²) in [4.78, 5) is 39.2. The van der Waals surface area contributed by atoms with Crippen LogP contribution in [0.15, 0.2) is 112 Å². The highest BCUT2D eigenvalue weighted by molar-refractivity contribution is 9.10. The van der Waals surface area contributed by atoms with Gasteiger partial charge in [-0.15, -0.1) is 11.8 Å². The van der Waals surface area contributed by atoms with E-state index in [-0.39, 0.29) is 17.4 Å². The minimum absolute atomic E-state index is 0.00106. The highest BCUT2D eigenvalue weighted by atomic mass is 79.9. The largest absolute Gasteiger partial charge is 0.325 e. The zero-order valence-electron chi connectivity index (χ0n) is 20.8. The molecule has 4 rings (SSSR count). The van der Waals surface area contributed by atoms with Gasteiger partial charge in [0.05, 0.1) is 5.75 Å². The van der Waals surface area contributed by atoms with Crippen LogP contribution in [0.5, 0.6) is 0 Å². The minimum Gasteiger partial charge on any atom is -0.325 e. The van der Waals surface area contributed by atoms with Gasteiger partial charge in [0.15, 0.2) is 0 Å². The van der Waals surface area contributed by atoms with Crippen molar-refractivity contribution in [2.45, 2.75) is 4.90 Å². The summed E-state index contributed by atoms with van der Waals surface area (Å²) in [6.45, 7) is 0. The molecule has 3 N–H and O–H groups in total. The van der Waals surface area contributed by atoms with Gasteiger partial charge in [-0.3, -0.25) is 14.4 Å². The van der Waals surface area contributed by atoms with Gasteiger partial charge in [-0.2, -0.15) is 0 Å². The van der Waals surface area contributed by atoms with Crippen molar-refractivity contribution in [2.75, 3.05) is 16.4 Å². The van der Waals surface area contributed by atoms with E-state index in [1.165, 1.54) is 17.8 Å². The molecule has 0 aliphatic carbocycles. The van der Waals surface area contributed by atoms with Gasteiger partial charge in [-0.25, -0.2) is 0 Å². The summed E-state index contributed by atoms with van der Waals surface area (Å²) in [5.74, 6) is -0.888. The lowest BCUT2D eigenvalue weighted by atomic mass is 10.1. The van der Waals surface area contributed by atoms with E-state index < -0.39 is 11.8 Å². The molecule has 0 heterocycles. The molecule has 0 atom stereocenters. The third kappa shape index (κ3) is 8.72. The molecule has 0 saturated heterocycles. The van der Waals surface area contributed by atoms with Crippen molar-refractivity contribution < 1.29 is 14.4 Å². The average molecular weight is 655 g/mol. The Morgan fingerprint density at radius 3 is 2.12 bits per heavy atom. The number of carbonyl (C=O) groups excluding carboxylic acids is 3. The third-order valence-electron chi connectivity index (χ3n) is 5.40. The van der Waals surface area contributed by atoms with Crippen molar-refractivity contribution in [1.82, 2.24) is 5.32 Å². The molecule has 0 radical (unpaired) electrons. The van der Waals surface area contributed by atoms with E-state index in [2.05, 4.69) is 31.9 Å². The maximum absolute atomic E-state index is 13.2. The highest BCUT2D eigenvalue weighted by Crippen LogP contribution is 2.24. The molecule has 10 heteroatoms. The third-order valence-corrected chi connectivity index (χ3v) is 7.50. The molecule has 4 aromatic rings. The van der Waals surface area contributed by atoms with Crippen LogP contribution in [0, 0.1) is 0 Å². The van der Waals surface area contributed by atoms with Gasteiger partial charge in [-0.05, 0) is 84.4 Å². The second-order valence-electron chi connectivity index (χ2n) is 8.37. The van der Waals surface area contributed by atoms with E-state index in [4.69, 9.17) is 23.2 Å². The monoisotopic (exact) mass is 653 g/mol. The predicted molar refractivity (Wildman–Crippen MR) is 167 cm³/mol. The number of carbonyl (C=O) groups is 3. The Morgan fingerprint density at radius 1 is 0.800 bits per heavy atom. The zero-order valence-corrected chi connectivity index (χ0v) is 24.7. The van der Waals surface area contributed by atoms with Gasteiger partial charge in [0.25, 0.3) is 11.8 Å². The summed E-state index contributed by atoms with van der Waals surface area (Å²) >= 11 is 17.0. The zero-order chi connectivity index (χ0) is 28.5. The number of hydrogen-bond acceptors (Lipinski definition) is 4. The topological polar surface area (TPSA) is 87.3 Å². The predicted octanol–water partition coefficient (Wildman–Crippen LogP) is 7.90. The van der Waals surface area contributed by atoms with Crippen LogP contribution in [-0.2, 0) is 9.59 Å². The van der Waals surface area contributed by atoms with Gasteiger partial charge >= 0.3 is 0 Å². The first-order valence-corrected chi connectivity index (χ1v) is 14.4. The summed E-state index contributed by atoms with van der Waals surface area (Å²) in [6.07, 6.45) is 1.49. The maximum Gasteiger partial charge on any atom is 0.272 e. The summed E-state index contributed by atoms with van der Waals surface area (Å²) in [5.41, 5.74) is 2.14. The molecule has 0 unspecified atom stereocenters. The van der Waals surface area contributed by atoms with Crippen LogP contribution in [0.2, 0.25) is 10.0 Å². The van der Waals surface area contributed by atoms with Crippen LogP contribution in [0.1, 0.15) is 15.9 Å². The van der Waals surface area contributed by atoms with E-state index in [1.54, 1.807) is 72.8 Å². The average Bonchev–Trinajstić information content (AvgIpc) is 2.95. The summed E-state index contributed by atoms with van der Waals surface area (Å²) in [7, 11) is 0. The van der Waals surface area contributed by atoms with Crippen LogP contribution in [-0.4, -0.2) is 23.5 Å². The number of benzene rings is 4. The number of nitrogens with one attached hydrogen (secondary N) is 3. The Bertz CT molecular complexity index is 1550. The Morgan fingerprint density at radius 2 is 1.45 bits per heavy atom. The van der Waals surface area contributed by atoms with Gasteiger partial charge in [-0.1, -0.05) is 63.4 Å². The van der Waals surface area contributed by atoms with Crippen LogP contribution in [0.25, 0.3) is 6.08 Å². The van der Waals surface area contributed by atoms with Crippen molar-refractivity contribution in [3.05, 3.63) is 128 Å². The quantitative estimate of drug-likeness (QED) is 0.127. The Kier molecular flexibility index (Phi) is 10.4. The molecule has 40 heavy (non-hydrogen) atoms. The molecule has 0 aliphatic rings. The molecule has 202 valence electrons. The number of hydrogen-bond donors (Lipinski definition) is 3. The van der Waals surface area contributed by atoms with Crippen LogP contribution < -0.4 is 16.0 Å². The number of anilines is 2. The second kappa shape index (κ2) is 14.2. The SMILES string of the molecule is O=C(CSc1ccc(NC(=O)/C(=C/c2ccc(Cl)cc2Cl)NC(=O)c2ccccc2)cc1)Nc1ccc(Br)cc1. The molecule has 6 nitrogen and oxygen atoms in total. The molecule has 0 saturated carbocycles. The van der Waals surface area contributed by atoms with Crippen LogP contribution >= 0.6 is 50.9 Å². The number of rotatable bonds is 9. The van der Waals surface area contributed by atoms with Gasteiger partial charge in [0, 0.05) is 36.4 Å². The van der Waals surface area contributed by atoms with E-state index in [0.29, 0.717) is 26.9 Å². The van der Waals surface area contributed by atoms with E-state index >= 15 is 0 Å². The first-order chi connectivity index (χ1) is 19.3. The highest BCUT2D eigenvalue weighted by Gasteiger charge is 2.16. The molecule has 0 aliphatic heterocycles. The fourth-order valence-corrected chi connectivity index (χ4v) is 4.85. The van der Waals surface area contributed by atoms with Gasteiger partial charge in [0.2, 0.25) is 5.91 Å². The Balaban J connectivity index is 1.42. The lowest BCUT2D eigenvalue weighted by molar-refractivity contribution is -0.114. The van der Waals surface area contributed by atoms with E-state index in [1.807, 2.05) is 24.3 Å². The molecule has 0 spiro atoms. The second-order valence-corrected chi connectivity index (χ2v) is 11.2. The number of halogens is 3. The normalized spacial score (nSPS) is 11.0. The Labute approximate surface area is 254 Å². The van der Waals surface area contributed by atoms with Crippen LogP contribution in [0.3, 0.4) is 0 Å². The number of thioether (sulfide) groups is 1. The lowest BCUT2D eigenvalue weighted by Crippen LogP contribution is -2.30. The molecule has 4 aromatic carbocycles.